The molecule has 1 aromatic heterocycles. The number of nitrogens with one attached hydrogen (secondary N) is 2. The Morgan fingerprint density at radius 1 is 1.29 bits per heavy atom. The minimum absolute atomic E-state index is 0.0215. The van der Waals surface area contributed by atoms with Gasteiger partial charge in [-0.3, -0.25) is 0 Å². The van der Waals surface area contributed by atoms with E-state index in [-0.39, 0.29) is 12.6 Å². The summed E-state index contributed by atoms with van der Waals surface area (Å²) in [6.07, 6.45) is 2.78. The number of rotatable bonds is 10. The van der Waals surface area contributed by atoms with Crippen molar-refractivity contribution in [3.63, 3.8) is 0 Å². The Morgan fingerprint density at radius 2 is 2.04 bits per heavy atom. The van der Waals surface area contributed by atoms with Gasteiger partial charge in [-0.15, -0.1) is 0 Å². The first kappa shape index (κ1) is 21.5. The lowest BCUT2D eigenvalue weighted by molar-refractivity contribution is 0.190. The van der Waals surface area contributed by atoms with Crippen LogP contribution >= 0.6 is 0 Å². The molecule has 2 amide bonds. The summed E-state index contributed by atoms with van der Waals surface area (Å²) in [4.78, 5) is 22.7. The number of amides is 2. The van der Waals surface area contributed by atoms with Crippen molar-refractivity contribution in [2.75, 3.05) is 37.1 Å². The maximum Gasteiger partial charge on any atom is 0.327 e. The zero-order chi connectivity index (χ0) is 20.4. The molecule has 9 heteroatoms. The minimum Gasteiger partial charge on any atom is -0.396 e. The van der Waals surface area contributed by atoms with Crippen LogP contribution in [0.4, 0.5) is 26.6 Å². The molecule has 0 spiro atoms. The van der Waals surface area contributed by atoms with Gasteiger partial charge in [0.15, 0.2) is 0 Å². The van der Waals surface area contributed by atoms with Gasteiger partial charge in [0.2, 0.25) is 5.95 Å². The predicted molar refractivity (Wildman–Crippen MR) is 105 cm³/mol. The number of nitrogens with zero attached hydrogens (tertiary/aromatic N) is 3. The lowest BCUT2D eigenvalue weighted by Crippen LogP contribution is -2.38. The van der Waals surface area contributed by atoms with E-state index in [1.54, 1.807) is 19.4 Å². The van der Waals surface area contributed by atoms with Crippen molar-refractivity contribution in [2.24, 2.45) is 0 Å². The number of ether oxygens (including phenoxy) is 1. The Labute approximate surface area is 163 Å². The largest absolute Gasteiger partial charge is 0.396 e. The van der Waals surface area contributed by atoms with Crippen molar-refractivity contribution in [3.8, 4) is 0 Å². The standard InChI is InChI=1S/C19H26FN5O3/c1-14(13-28-2)23-18-21-11-9-17(24-18)25(16-7-5-15(20)6-8-16)19(27)22-10-3-4-12-26/h5-9,11,14,26H,3-4,10,12-13H2,1-2H3,(H,22,27)(H,21,23,24)/t14-/m0/s1. The van der Waals surface area contributed by atoms with Gasteiger partial charge in [-0.1, -0.05) is 0 Å². The van der Waals surface area contributed by atoms with Gasteiger partial charge in [-0.25, -0.2) is 19.1 Å². The first-order chi connectivity index (χ1) is 13.5. The van der Waals surface area contributed by atoms with Crippen molar-refractivity contribution in [1.82, 2.24) is 15.3 Å². The number of hydrogen-bond donors (Lipinski definition) is 3. The summed E-state index contributed by atoms with van der Waals surface area (Å²) in [6.45, 7) is 2.86. The Balaban J connectivity index is 2.25. The second kappa shape index (κ2) is 11.2. The van der Waals surface area contributed by atoms with E-state index in [2.05, 4.69) is 20.6 Å². The molecular weight excluding hydrogens is 365 g/mol. The molecular formula is C19H26FN5O3. The molecule has 0 fully saturated rings. The molecule has 0 bridgehead atoms. The third-order valence-electron chi connectivity index (χ3n) is 3.81. The highest BCUT2D eigenvalue weighted by Crippen LogP contribution is 2.24. The fourth-order valence-electron chi connectivity index (χ4n) is 2.51. The SMILES string of the molecule is COC[C@H](C)Nc1nccc(N(C(=O)NCCCCO)c2ccc(F)cc2)n1. The summed E-state index contributed by atoms with van der Waals surface area (Å²) in [5, 5.41) is 14.8. The van der Waals surface area contributed by atoms with Gasteiger partial charge in [0.25, 0.3) is 0 Å². The van der Waals surface area contributed by atoms with Crippen LogP contribution in [0.25, 0.3) is 0 Å². The number of urea groups is 1. The third-order valence-corrected chi connectivity index (χ3v) is 3.81. The highest BCUT2D eigenvalue weighted by molar-refractivity contribution is 5.98. The average molecular weight is 391 g/mol. The summed E-state index contributed by atoms with van der Waals surface area (Å²) < 4.78 is 18.4. The van der Waals surface area contributed by atoms with Gasteiger partial charge in [0.05, 0.1) is 12.3 Å². The molecule has 2 aromatic rings. The maximum atomic E-state index is 13.3. The molecule has 2 rings (SSSR count). The summed E-state index contributed by atoms with van der Waals surface area (Å²) in [5.41, 5.74) is 0.468. The van der Waals surface area contributed by atoms with Crippen molar-refractivity contribution < 1.29 is 19.0 Å². The lowest BCUT2D eigenvalue weighted by Gasteiger charge is -2.23. The molecule has 8 nitrogen and oxygen atoms in total. The maximum absolute atomic E-state index is 13.3. The molecule has 0 unspecified atom stereocenters. The van der Waals surface area contributed by atoms with Crippen LogP contribution in [0.5, 0.6) is 0 Å². The highest BCUT2D eigenvalue weighted by atomic mass is 19.1. The smallest absolute Gasteiger partial charge is 0.327 e. The zero-order valence-corrected chi connectivity index (χ0v) is 16.1. The van der Waals surface area contributed by atoms with E-state index < -0.39 is 11.8 Å². The third kappa shape index (κ3) is 6.43. The van der Waals surface area contributed by atoms with E-state index >= 15 is 0 Å². The Bertz CT molecular complexity index is 745. The van der Waals surface area contributed by atoms with E-state index in [1.165, 1.54) is 29.2 Å². The molecule has 28 heavy (non-hydrogen) atoms. The molecule has 0 aliphatic carbocycles. The van der Waals surface area contributed by atoms with E-state index in [0.717, 1.165) is 0 Å². The minimum atomic E-state index is -0.404. The van der Waals surface area contributed by atoms with E-state index in [4.69, 9.17) is 9.84 Å². The lowest BCUT2D eigenvalue weighted by atomic mass is 10.2. The van der Waals surface area contributed by atoms with Crippen LogP contribution in [0, 0.1) is 5.82 Å². The second-order valence-corrected chi connectivity index (χ2v) is 6.21. The molecule has 152 valence electrons. The molecule has 0 aliphatic heterocycles. The summed E-state index contributed by atoms with van der Waals surface area (Å²) in [5.74, 6) is 0.293. The van der Waals surface area contributed by atoms with Crippen molar-refractivity contribution in [2.45, 2.75) is 25.8 Å². The molecule has 0 radical (unpaired) electrons. The number of unbranched alkanes of at least 4 members (excludes halogenated alkanes) is 1. The first-order valence-electron chi connectivity index (χ1n) is 9.08. The molecule has 1 heterocycles. The van der Waals surface area contributed by atoms with Crippen molar-refractivity contribution in [1.29, 1.82) is 0 Å². The number of benzene rings is 1. The average Bonchev–Trinajstić information content (AvgIpc) is 2.67. The number of aliphatic hydroxyl groups is 1. The Morgan fingerprint density at radius 3 is 2.71 bits per heavy atom. The van der Waals surface area contributed by atoms with Gasteiger partial charge in [-0.05, 0) is 44.0 Å². The number of aromatic nitrogens is 2. The molecule has 1 atom stereocenters. The van der Waals surface area contributed by atoms with Crippen LogP contribution in [0.2, 0.25) is 0 Å². The van der Waals surface area contributed by atoms with Crippen LogP contribution < -0.4 is 15.5 Å². The number of halogens is 1. The van der Waals surface area contributed by atoms with Gasteiger partial charge >= 0.3 is 6.03 Å². The van der Waals surface area contributed by atoms with E-state index in [1.807, 2.05) is 6.92 Å². The predicted octanol–water partition coefficient (Wildman–Crippen LogP) is 2.68. The fourth-order valence-corrected chi connectivity index (χ4v) is 2.51. The van der Waals surface area contributed by atoms with Gasteiger partial charge < -0.3 is 20.5 Å². The van der Waals surface area contributed by atoms with Crippen LogP contribution in [0.1, 0.15) is 19.8 Å². The van der Waals surface area contributed by atoms with Crippen LogP contribution in [-0.4, -0.2) is 54.0 Å². The van der Waals surface area contributed by atoms with Gasteiger partial charge in [-0.2, -0.15) is 4.98 Å². The monoisotopic (exact) mass is 391 g/mol. The fraction of sp³-hybridized carbons (Fsp3) is 0.421. The Hall–Kier alpha value is -2.78. The normalized spacial score (nSPS) is 11.7. The molecule has 3 N–H and O–H groups in total. The second-order valence-electron chi connectivity index (χ2n) is 6.21. The summed E-state index contributed by atoms with van der Waals surface area (Å²) in [7, 11) is 1.60. The number of anilines is 3. The molecule has 0 aliphatic rings. The van der Waals surface area contributed by atoms with Crippen LogP contribution in [-0.2, 0) is 4.74 Å². The van der Waals surface area contributed by atoms with E-state index in [9.17, 15) is 9.18 Å². The van der Waals surface area contributed by atoms with Gasteiger partial charge in [0.1, 0.15) is 11.6 Å². The topological polar surface area (TPSA) is 99.6 Å². The van der Waals surface area contributed by atoms with Crippen molar-refractivity contribution >= 4 is 23.5 Å². The number of aliphatic hydroxyl groups excluding tert-OH is 1. The molecule has 0 saturated carbocycles. The highest BCUT2D eigenvalue weighted by Gasteiger charge is 2.20. The van der Waals surface area contributed by atoms with Gasteiger partial charge in [0, 0.05) is 38.6 Å². The summed E-state index contributed by atoms with van der Waals surface area (Å²) in [6, 6.07) is 6.75. The number of methoxy groups -OCH3 is 1. The molecule has 0 saturated heterocycles. The van der Waals surface area contributed by atoms with Crippen molar-refractivity contribution in [3.05, 3.63) is 42.3 Å². The quantitative estimate of drug-likeness (QED) is 0.539. The summed E-state index contributed by atoms with van der Waals surface area (Å²) >= 11 is 0. The molecule has 1 aromatic carbocycles. The van der Waals surface area contributed by atoms with Crippen LogP contribution in [0.3, 0.4) is 0 Å². The van der Waals surface area contributed by atoms with E-state index in [0.29, 0.717) is 43.4 Å². The zero-order valence-electron chi connectivity index (χ0n) is 16.1. The van der Waals surface area contributed by atoms with Crippen LogP contribution in [0.15, 0.2) is 36.5 Å². The number of carbonyl (C=O) groups excluding carboxylic acids is 1. The first-order valence-corrected chi connectivity index (χ1v) is 9.08. The Kier molecular flexibility index (Phi) is 8.57. The number of carbonyl (C=O) groups is 1. The number of hydrogen-bond acceptors (Lipinski definition) is 6.